The minimum Gasteiger partial charge on any atom is -0.457 e. The summed E-state index contributed by atoms with van der Waals surface area (Å²) >= 11 is 1.26. The average molecular weight is 648 g/mol. The molecule has 2 saturated heterocycles. The third kappa shape index (κ3) is 7.39. The van der Waals surface area contributed by atoms with Crippen molar-refractivity contribution in [3.05, 3.63) is 83.0 Å². The van der Waals surface area contributed by atoms with Crippen molar-refractivity contribution in [2.45, 2.75) is 24.3 Å². The first-order valence-electron chi connectivity index (χ1n) is 14.5. The molecule has 6 rings (SSSR count). The second kappa shape index (κ2) is 13.1. The number of pyridine rings is 1. The lowest BCUT2D eigenvalue weighted by molar-refractivity contribution is -0.139. The standard InChI is InChI=1S/C32H33N5O6S2/c1-21-4-3-9-33-30(21)22-14-23(16-27(15-22)43-26-5-7-28(8-6-26)45(2,40)41)31(39)35-32-34-24(20-44-32)17-29(38)37-18-25(19-37)36-10-12-42-13-11-36/h3-9,14-16,20,25H,10-13,17-19H2,1-2H3,(H,34,35,39). The number of carbonyl (C=O) groups is 2. The van der Waals surface area contributed by atoms with E-state index in [1.807, 2.05) is 24.0 Å². The Bertz CT molecular complexity index is 1810. The molecule has 0 radical (unpaired) electrons. The van der Waals surface area contributed by atoms with Crippen LogP contribution in [0, 0.1) is 6.92 Å². The number of sulfone groups is 1. The quantitative estimate of drug-likeness (QED) is 0.286. The molecular weight excluding hydrogens is 615 g/mol. The van der Waals surface area contributed by atoms with Gasteiger partial charge < -0.3 is 14.4 Å². The van der Waals surface area contributed by atoms with Crippen LogP contribution in [0.2, 0.25) is 0 Å². The van der Waals surface area contributed by atoms with Gasteiger partial charge in [0.25, 0.3) is 5.91 Å². The monoisotopic (exact) mass is 647 g/mol. The molecule has 45 heavy (non-hydrogen) atoms. The number of aromatic nitrogens is 2. The molecule has 0 spiro atoms. The lowest BCUT2D eigenvalue weighted by Gasteiger charge is -2.46. The summed E-state index contributed by atoms with van der Waals surface area (Å²) in [6, 6.07) is 15.3. The Kier molecular flexibility index (Phi) is 8.95. The molecule has 13 heteroatoms. The van der Waals surface area contributed by atoms with E-state index in [0.717, 1.165) is 38.1 Å². The number of ether oxygens (including phenoxy) is 2. The Morgan fingerprint density at radius 3 is 2.53 bits per heavy atom. The molecule has 2 aromatic carbocycles. The Balaban J connectivity index is 1.15. The maximum Gasteiger partial charge on any atom is 0.257 e. The van der Waals surface area contributed by atoms with Crippen LogP contribution >= 0.6 is 11.3 Å². The predicted octanol–water partition coefficient (Wildman–Crippen LogP) is 4.05. The van der Waals surface area contributed by atoms with Crippen molar-refractivity contribution in [2.75, 3.05) is 51.0 Å². The number of thiazole rings is 1. The van der Waals surface area contributed by atoms with E-state index in [4.69, 9.17) is 9.47 Å². The summed E-state index contributed by atoms with van der Waals surface area (Å²) < 4.78 is 35.2. The number of benzene rings is 2. The van der Waals surface area contributed by atoms with E-state index in [1.54, 1.807) is 41.9 Å². The summed E-state index contributed by atoms with van der Waals surface area (Å²) in [7, 11) is -3.35. The number of anilines is 1. The first-order valence-corrected chi connectivity index (χ1v) is 17.3. The normalized spacial score (nSPS) is 15.8. The van der Waals surface area contributed by atoms with Crippen LogP contribution < -0.4 is 10.1 Å². The summed E-state index contributed by atoms with van der Waals surface area (Å²) in [5, 5.41) is 5.02. The number of rotatable bonds is 9. The summed E-state index contributed by atoms with van der Waals surface area (Å²) in [6.45, 7) is 6.63. The molecule has 234 valence electrons. The van der Waals surface area contributed by atoms with Gasteiger partial charge in [-0.2, -0.15) is 0 Å². The zero-order valence-electron chi connectivity index (χ0n) is 24.9. The fourth-order valence-corrected chi connectivity index (χ4v) is 6.65. The number of nitrogens with zero attached hydrogens (tertiary/aromatic N) is 4. The van der Waals surface area contributed by atoms with Crippen LogP contribution in [0.4, 0.5) is 5.13 Å². The second-order valence-electron chi connectivity index (χ2n) is 11.1. The molecule has 2 aliphatic heterocycles. The number of hydrogen-bond acceptors (Lipinski definition) is 10. The van der Waals surface area contributed by atoms with E-state index in [9.17, 15) is 18.0 Å². The van der Waals surface area contributed by atoms with Gasteiger partial charge in [0.15, 0.2) is 15.0 Å². The minimum absolute atomic E-state index is 0.0208. The molecule has 4 aromatic rings. The highest BCUT2D eigenvalue weighted by Crippen LogP contribution is 2.31. The van der Waals surface area contributed by atoms with Gasteiger partial charge >= 0.3 is 0 Å². The molecule has 0 saturated carbocycles. The molecule has 0 unspecified atom stereocenters. The van der Waals surface area contributed by atoms with Crippen molar-refractivity contribution >= 4 is 38.1 Å². The first kappa shape index (κ1) is 30.8. The van der Waals surface area contributed by atoms with Gasteiger partial charge in [0.1, 0.15) is 11.5 Å². The molecule has 2 fully saturated rings. The Morgan fingerprint density at radius 2 is 1.82 bits per heavy atom. The van der Waals surface area contributed by atoms with E-state index in [-0.39, 0.29) is 17.2 Å². The summed E-state index contributed by atoms with van der Waals surface area (Å²) in [6.07, 6.45) is 3.00. The lowest BCUT2D eigenvalue weighted by Crippen LogP contribution is -2.63. The van der Waals surface area contributed by atoms with Gasteiger partial charge in [-0.3, -0.25) is 24.8 Å². The van der Waals surface area contributed by atoms with Crippen molar-refractivity contribution in [3.8, 4) is 22.8 Å². The van der Waals surface area contributed by atoms with E-state index in [2.05, 4.69) is 20.2 Å². The largest absolute Gasteiger partial charge is 0.457 e. The van der Waals surface area contributed by atoms with Crippen molar-refractivity contribution in [2.24, 2.45) is 0 Å². The van der Waals surface area contributed by atoms with Crippen LogP contribution in [-0.2, 0) is 25.8 Å². The molecule has 4 heterocycles. The van der Waals surface area contributed by atoms with Crippen molar-refractivity contribution in [1.82, 2.24) is 19.8 Å². The molecule has 2 aromatic heterocycles. The number of morpholine rings is 1. The summed E-state index contributed by atoms with van der Waals surface area (Å²) in [5.74, 6) is 0.417. The van der Waals surface area contributed by atoms with Gasteiger partial charge in [-0.25, -0.2) is 13.4 Å². The Morgan fingerprint density at radius 1 is 1.07 bits per heavy atom. The van der Waals surface area contributed by atoms with Gasteiger partial charge in [-0.15, -0.1) is 11.3 Å². The highest BCUT2D eigenvalue weighted by Gasteiger charge is 2.35. The topological polar surface area (TPSA) is 131 Å². The number of hydrogen-bond donors (Lipinski definition) is 1. The predicted molar refractivity (Wildman–Crippen MR) is 171 cm³/mol. The van der Waals surface area contributed by atoms with E-state index < -0.39 is 15.7 Å². The smallest absolute Gasteiger partial charge is 0.257 e. The molecule has 0 aliphatic carbocycles. The highest BCUT2D eigenvalue weighted by molar-refractivity contribution is 7.90. The number of nitrogens with one attached hydrogen (secondary N) is 1. The SMILES string of the molecule is Cc1cccnc1-c1cc(Oc2ccc(S(C)(=O)=O)cc2)cc(C(=O)Nc2nc(CC(=O)N3CC(N4CCOCC4)C3)cs2)c1. The maximum absolute atomic E-state index is 13.4. The van der Waals surface area contributed by atoms with Gasteiger partial charge in [0.05, 0.1) is 35.9 Å². The summed E-state index contributed by atoms with van der Waals surface area (Å²) in [5.41, 5.74) is 3.23. The van der Waals surface area contributed by atoms with Crippen LogP contribution in [0.25, 0.3) is 11.3 Å². The van der Waals surface area contributed by atoms with Crippen LogP contribution in [0.5, 0.6) is 11.5 Å². The van der Waals surface area contributed by atoms with Crippen molar-refractivity contribution < 1.29 is 27.5 Å². The van der Waals surface area contributed by atoms with E-state index in [0.29, 0.717) is 58.3 Å². The molecule has 0 bridgehead atoms. The number of likely N-dealkylation sites (tertiary alicyclic amines) is 1. The number of amides is 2. The van der Waals surface area contributed by atoms with Gasteiger partial charge in [0.2, 0.25) is 5.91 Å². The summed E-state index contributed by atoms with van der Waals surface area (Å²) in [4.78, 5) is 39.7. The van der Waals surface area contributed by atoms with Crippen molar-refractivity contribution in [3.63, 3.8) is 0 Å². The zero-order chi connectivity index (χ0) is 31.6. The van der Waals surface area contributed by atoms with Gasteiger partial charge in [0, 0.05) is 61.2 Å². The third-order valence-electron chi connectivity index (χ3n) is 7.82. The molecule has 2 aliphatic rings. The van der Waals surface area contributed by atoms with Crippen LogP contribution in [0.15, 0.2) is 71.1 Å². The molecule has 0 atom stereocenters. The van der Waals surface area contributed by atoms with Crippen LogP contribution in [0.1, 0.15) is 21.6 Å². The Labute approximate surface area is 265 Å². The zero-order valence-corrected chi connectivity index (χ0v) is 26.6. The molecule has 2 amide bonds. The molecular formula is C32H33N5O6S2. The first-order chi connectivity index (χ1) is 21.6. The number of carbonyl (C=O) groups excluding carboxylic acids is 2. The van der Waals surface area contributed by atoms with Crippen LogP contribution in [0.3, 0.4) is 0 Å². The van der Waals surface area contributed by atoms with Crippen molar-refractivity contribution in [1.29, 1.82) is 0 Å². The maximum atomic E-state index is 13.4. The minimum atomic E-state index is -3.35. The average Bonchev–Trinajstić information content (AvgIpc) is 3.43. The fourth-order valence-electron chi connectivity index (χ4n) is 5.32. The van der Waals surface area contributed by atoms with Crippen LogP contribution in [-0.4, -0.2) is 91.7 Å². The van der Waals surface area contributed by atoms with Gasteiger partial charge in [-0.05, 0) is 61.0 Å². The second-order valence-corrected chi connectivity index (χ2v) is 14.0. The van der Waals surface area contributed by atoms with Gasteiger partial charge in [-0.1, -0.05) is 6.07 Å². The molecule has 1 N–H and O–H groups in total. The third-order valence-corrected chi connectivity index (χ3v) is 9.76. The molecule has 11 nitrogen and oxygen atoms in total. The van der Waals surface area contributed by atoms with E-state index >= 15 is 0 Å². The fraction of sp³-hybridized carbons (Fsp3) is 0.312. The Hall–Kier alpha value is -4.17. The lowest BCUT2D eigenvalue weighted by atomic mass is 10.0. The number of aryl methyl sites for hydroxylation is 1. The van der Waals surface area contributed by atoms with E-state index in [1.165, 1.54) is 23.5 Å². The highest BCUT2D eigenvalue weighted by atomic mass is 32.2.